The first-order valence-corrected chi connectivity index (χ1v) is 3.95. The predicted molar refractivity (Wildman–Crippen MR) is 42.4 cm³/mol. The van der Waals surface area contributed by atoms with Crippen molar-refractivity contribution >= 4 is 34.4 Å². The Labute approximate surface area is 70.9 Å². The molecule has 2 nitrogen and oxygen atoms in total. The summed E-state index contributed by atoms with van der Waals surface area (Å²) in [6.07, 6.45) is 0. The van der Waals surface area contributed by atoms with E-state index in [0.717, 1.165) is 11.7 Å². The summed E-state index contributed by atoms with van der Waals surface area (Å²) in [5.41, 5.74) is 1.19. The minimum Gasteiger partial charge on any atom is -0.205 e. The van der Waals surface area contributed by atoms with Crippen LogP contribution in [0.2, 0.25) is 5.02 Å². The van der Waals surface area contributed by atoms with Gasteiger partial charge in [0.2, 0.25) is 0 Å². The van der Waals surface area contributed by atoms with Crippen LogP contribution in [-0.2, 0) is 0 Å². The summed E-state index contributed by atoms with van der Waals surface area (Å²) in [4.78, 5) is 0. The summed E-state index contributed by atoms with van der Waals surface area (Å²) >= 11 is 6.55. The van der Waals surface area contributed by atoms with Crippen LogP contribution in [-0.4, -0.2) is 8.75 Å². The molecule has 0 bridgehead atoms. The molecular weight excluding hydrogens is 187 g/mol. The molecule has 56 valence electrons. The van der Waals surface area contributed by atoms with Crippen LogP contribution in [0.15, 0.2) is 12.1 Å². The molecule has 0 amide bonds. The van der Waals surface area contributed by atoms with Crippen molar-refractivity contribution in [2.75, 3.05) is 0 Å². The Morgan fingerprint density at radius 3 is 2.64 bits per heavy atom. The van der Waals surface area contributed by atoms with E-state index in [1.807, 2.05) is 0 Å². The standard InChI is InChI=1S/C6H2ClFN2S/c7-3-1-5-6(2-4(3)8)10-11-9-5/h1-2H. The van der Waals surface area contributed by atoms with E-state index >= 15 is 0 Å². The summed E-state index contributed by atoms with van der Waals surface area (Å²) in [6, 6.07) is 2.75. The predicted octanol–water partition coefficient (Wildman–Crippen LogP) is 2.48. The van der Waals surface area contributed by atoms with Crippen molar-refractivity contribution in [1.29, 1.82) is 0 Å². The van der Waals surface area contributed by atoms with Crippen LogP contribution in [0.1, 0.15) is 0 Å². The highest BCUT2D eigenvalue weighted by atomic mass is 35.5. The number of halogens is 2. The number of benzene rings is 1. The summed E-state index contributed by atoms with van der Waals surface area (Å²) in [6.45, 7) is 0. The van der Waals surface area contributed by atoms with Gasteiger partial charge < -0.3 is 0 Å². The zero-order chi connectivity index (χ0) is 7.84. The lowest BCUT2D eigenvalue weighted by Gasteiger charge is -1.90. The first-order valence-electron chi connectivity index (χ1n) is 2.85. The van der Waals surface area contributed by atoms with Crippen LogP contribution in [0.25, 0.3) is 11.0 Å². The Balaban J connectivity index is 2.86. The Kier molecular flexibility index (Phi) is 1.51. The van der Waals surface area contributed by atoms with E-state index in [1.165, 1.54) is 12.1 Å². The summed E-state index contributed by atoms with van der Waals surface area (Å²) in [7, 11) is 0. The fourth-order valence-corrected chi connectivity index (χ4v) is 1.45. The number of hydrogen-bond donors (Lipinski definition) is 0. The number of fused-ring (bicyclic) bond motifs is 1. The van der Waals surface area contributed by atoms with Gasteiger partial charge in [0.1, 0.15) is 16.9 Å². The van der Waals surface area contributed by atoms with Gasteiger partial charge in [0.25, 0.3) is 0 Å². The Bertz CT molecular complexity index is 364. The van der Waals surface area contributed by atoms with E-state index in [2.05, 4.69) is 8.75 Å². The number of nitrogens with zero attached hydrogens (tertiary/aromatic N) is 2. The molecular formula is C6H2ClFN2S. The maximum atomic E-state index is 12.7. The highest BCUT2D eigenvalue weighted by Gasteiger charge is 2.04. The van der Waals surface area contributed by atoms with Crippen molar-refractivity contribution in [2.45, 2.75) is 0 Å². The van der Waals surface area contributed by atoms with Crippen molar-refractivity contribution in [1.82, 2.24) is 8.75 Å². The van der Waals surface area contributed by atoms with Gasteiger partial charge in [0, 0.05) is 6.07 Å². The van der Waals surface area contributed by atoms with Crippen LogP contribution >= 0.6 is 23.3 Å². The summed E-state index contributed by atoms with van der Waals surface area (Å²) in [5.74, 6) is -0.452. The molecule has 2 rings (SSSR count). The molecule has 2 aromatic rings. The van der Waals surface area contributed by atoms with E-state index in [-0.39, 0.29) is 5.02 Å². The molecule has 1 aromatic carbocycles. The van der Waals surface area contributed by atoms with Crippen LogP contribution in [0.4, 0.5) is 4.39 Å². The van der Waals surface area contributed by atoms with E-state index in [4.69, 9.17) is 11.6 Å². The molecule has 1 aromatic heterocycles. The van der Waals surface area contributed by atoms with E-state index < -0.39 is 5.82 Å². The van der Waals surface area contributed by atoms with Gasteiger partial charge in [-0.05, 0) is 6.07 Å². The SMILES string of the molecule is Fc1cc2nsnc2cc1Cl. The Morgan fingerprint density at radius 2 is 1.91 bits per heavy atom. The van der Waals surface area contributed by atoms with Crippen molar-refractivity contribution < 1.29 is 4.39 Å². The third-order valence-electron chi connectivity index (χ3n) is 1.30. The average molecular weight is 189 g/mol. The largest absolute Gasteiger partial charge is 0.205 e. The monoisotopic (exact) mass is 188 g/mol. The molecule has 5 heteroatoms. The minimum atomic E-state index is -0.452. The molecule has 0 aliphatic carbocycles. The first kappa shape index (κ1) is 6.94. The smallest absolute Gasteiger partial charge is 0.144 e. The van der Waals surface area contributed by atoms with Gasteiger partial charge in [-0.1, -0.05) is 11.6 Å². The Morgan fingerprint density at radius 1 is 1.27 bits per heavy atom. The molecule has 0 aliphatic rings. The maximum Gasteiger partial charge on any atom is 0.144 e. The summed E-state index contributed by atoms with van der Waals surface area (Å²) < 4.78 is 20.5. The maximum absolute atomic E-state index is 12.7. The third kappa shape index (κ3) is 1.08. The Hall–Kier alpha value is -0.740. The molecule has 0 spiro atoms. The van der Waals surface area contributed by atoms with Gasteiger partial charge in [0.15, 0.2) is 0 Å². The minimum absolute atomic E-state index is 0.0881. The highest BCUT2D eigenvalue weighted by Crippen LogP contribution is 2.20. The lowest BCUT2D eigenvalue weighted by atomic mass is 10.3. The van der Waals surface area contributed by atoms with Crippen molar-refractivity contribution in [3.8, 4) is 0 Å². The molecule has 0 aliphatic heterocycles. The second kappa shape index (κ2) is 2.39. The zero-order valence-corrected chi connectivity index (χ0v) is 6.79. The molecule has 11 heavy (non-hydrogen) atoms. The lowest BCUT2D eigenvalue weighted by Crippen LogP contribution is -1.76. The topological polar surface area (TPSA) is 25.8 Å². The number of rotatable bonds is 0. The molecule has 0 saturated heterocycles. The normalized spacial score (nSPS) is 10.7. The quantitative estimate of drug-likeness (QED) is 0.635. The van der Waals surface area contributed by atoms with Crippen LogP contribution < -0.4 is 0 Å². The van der Waals surface area contributed by atoms with Gasteiger partial charge >= 0.3 is 0 Å². The van der Waals surface area contributed by atoms with Crippen LogP contribution in [0.3, 0.4) is 0 Å². The van der Waals surface area contributed by atoms with Crippen molar-refractivity contribution in [3.05, 3.63) is 23.0 Å². The van der Waals surface area contributed by atoms with Gasteiger partial charge in [0.05, 0.1) is 16.8 Å². The molecule has 0 radical (unpaired) electrons. The molecule has 0 saturated carbocycles. The molecule has 0 atom stereocenters. The van der Waals surface area contributed by atoms with Crippen molar-refractivity contribution in [3.63, 3.8) is 0 Å². The molecule has 1 heterocycles. The van der Waals surface area contributed by atoms with E-state index in [9.17, 15) is 4.39 Å². The molecule has 0 N–H and O–H groups in total. The highest BCUT2D eigenvalue weighted by molar-refractivity contribution is 7.00. The van der Waals surface area contributed by atoms with Gasteiger partial charge in [-0.15, -0.1) is 0 Å². The average Bonchev–Trinajstić information content (AvgIpc) is 2.36. The summed E-state index contributed by atoms with van der Waals surface area (Å²) in [5, 5.41) is 0.0881. The fourth-order valence-electron chi connectivity index (χ4n) is 0.780. The molecule has 0 fully saturated rings. The fraction of sp³-hybridized carbons (Fsp3) is 0. The second-order valence-corrected chi connectivity index (χ2v) is 2.95. The zero-order valence-electron chi connectivity index (χ0n) is 5.21. The van der Waals surface area contributed by atoms with E-state index in [1.54, 1.807) is 0 Å². The van der Waals surface area contributed by atoms with E-state index in [0.29, 0.717) is 11.0 Å². The van der Waals surface area contributed by atoms with Crippen molar-refractivity contribution in [2.24, 2.45) is 0 Å². The number of hydrogen-bond acceptors (Lipinski definition) is 3. The third-order valence-corrected chi connectivity index (χ3v) is 2.14. The van der Waals surface area contributed by atoms with Gasteiger partial charge in [-0.25, -0.2) is 4.39 Å². The number of aromatic nitrogens is 2. The van der Waals surface area contributed by atoms with Crippen LogP contribution in [0, 0.1) is 5.82 Å². The lowest BCUT2D eigenvalue weighted by molar-refractivity contribution is 0.630. The molecule has 0 unspecified atom stereocenters. The van der Waals surface area contributed by atoms with Crippen LogP contribution in [0.5, 0.6) is 0 Å². The second-order valence-electron chi connectivity index (χ2n) is 2.02. The van der Waals surface area contributed by atoms with Gasteiger partial charge in [-0.3, -0.25) is 0 Å². The van der Waals surface area contributed by atoms with Gasteiger partial charge in [-0.2, -0.15) is 8.75 Å². The first-order chi connectivity index (χ1) is 5.27.